The summed E-state index contributed by atoms with van der Waals surface area (Å²) in [5, 5.41) is 1.94. The van der Waals surface area contributed by atoms with Crippen LogP contribution in [0.1, 0.15) is 11.1 Å². The first-order valence-electron chi connectivity index (χ1n) is 10.5. The number of nitrogens with zero attached hydrogens (tertiary/aromatic N) is 3. The van der Waals surface area contributed by atoms with Crippen LogP contribution in [0.25, 0.3) is 21.8 Å². The molecule has 32 heavy (non-hydrogen) atoms. The van der Waals surface area contributed by atoms with Crippen molar-refractivity contribution in [2.45, 2.75) is 6.54 Å². The van der Waals surface area contributed by atoms with E-state index >= 15 is 0 Å². The third-order valence-electron chi connectivity index (χ3n) is 5.57. The van der Waals surface area contributed by atoms with Gasteiger partial charge in [-0.1, -0.05) is 54.6 Å². The molecule has 0 spiro atoms. The van der Waals surface area contributed by atoms with Gasteiger partial charge in [0.05, 0.1) is 31.8 Å². The first-order valence-corrected chi connectivity index (χ1v) is 10.5. The summed E-state index contributed by atoms with van der Waals surface area (Å²) in [5.41, 5.74) is 4.12. The van der Waals surface area contributed by atoms with E-state index < -0.39 is 0 Å². The zero-order chi connectivity index (χ0) is 21.9. The van der Waals surface area contributed by atoms with Crippen molar-refractivity contribution in [2.24, 2.45) is 4.99 Å². The van der Waals surface area contributed by atoms with Crippen LogP contribution >= 0.6 is 0 Å². The lowest BCUT2D eigenvalue weighted by Crippen LogP contribution is -1.99. The minimum absolute atomic E-state index is 0.661. The highest BCUT2D eigenvalue weighted by Crippen LogP contribution is 2.34. The van der Waals surface area contributed by atoms with Gasteiger partial charge in [0, 0.05) is 22.6 Å². The normalized spacial score (nSPS) is 11.4. The zero-order valence-electron chi connectivity index (χ0n) is 18.0. The Hall–Kier alpha value is -4.12. The van der Waals surface area contributed by atoms with E-state index in [1.54, 1.807) is 14.2 Å². The molecule has 0 unspecified atom stereocenters. The summed E-state index contributed by atoms with van der Waals surface area (Å²) in [6, 6.07) is 28.4. The maximum Gasteiger partial charge on any atom is 0.230 e. The van der Waals surface area contributed by atoms with Crippen molar-refractivity contribution in [3.05, 3.63) is 96.1 Å². The first kappa shape index (κ1) is 19.8. The molecule has 0 radical (unpaired) electrons. The van der Waals surface area contributed by atoms with Gasteiger partial charge in [-0.2, -0.15) is 0 Å². The van der Waals surface area contributed by atoms with E-state index in [0.717, 1.165) is 38.9 Å². The molecule has 0 fully saturated rings. The molecule has 5 aromatic rings. The number of ether oxygens (including phenoxy) is 2. The summed E-state index contributed by atoms with van der Waals surface area (Å²) in [4.78, 5) is 9.61. The molecule has 0 saturated heterocycles. The van der Waals surface area contributed by atoms with Crippen LogP contribution in [0.3, 0.4) is 0 Å². The second-order valence-electron chi connectivity index (χ2n) is 7.47. The van der Waals surface area contributed by atoms with E-state index in [9.17, 15) is 0 Å². The van der Waals surface area contributed by atoms with E-state index in [4.69, 9.17) is 19.5 Å². The number of para-hydroxylation sites is 2. The first-order chi connectivity index (χ1) is 15.8. The number of imidazole rings is 1. The van der Waals surface area contributed by atoms with Gasteiger partial charge in [0.2, 0.25) is 5.95 Å². The van der Waals surface area contributed by atoms with E-state index in [2.05, 4.69) is 22.8 Å². The van der Waals surface area contributed by atoms with Crippen LogP contribution in [0.5, 0.6) is 11.5 Å². The molecule has 0 bridgehead atoms. The third kappa shape index (κ3) is 3.58. The van der Waals surface area contributed by atoms with Crippen molar-refractivity contribution >= 4 is 34.0 Å². The van der Waals surface area contributed by atoms with Crippen molar-refractivity contribution in [1.29, 1.82) is 0 Å². The maximum absolute atomic E-state index is 5.63. The van der Waals surface area contributed by atoms with Gasteiger partial charge in [0.15, 0.2) is 0 Å². The molecule has 0 aliphatic rings. The number of rotatable bonds is 6. The molecule has 1 aromatic heterocycles. The van der Waals surface area contributed by atoms with Crippen LogP contribution in [0.2, 0.25) is 0 Å². The van der Waals surface area contributed by atoms with Crippen LogP contribution in [0.4, 0.5) is 5.95 Å². The number of methoxy groups -OCH3 is 2. The maximum atomic E-state index is 5.63. The van der Waals surface area contributed by atoms with Crippen LogP contribution < -0.4 is 9.47 Å². The summed E-state index contributed by atoms with van der Waals surface area (Å²) < 4.78 is 13.3. The van der Waals surface area contributed by atoms with Gasteiger partial charge in [0.1, 0.15) is 11.5 Å². The topological polar surface area (TPSA) is 48.6 Å². The number of aromatic nitrogens is 2. The van der Waals surface area contributed by atoms with Crippen LogP contribution in [0.15, 0.2) is 89.9 Å². The second-order valence-corrected chi connectivity index (χ2v) is 7.47. The Balaban J connectivity index is 1.63. The standard InChI is InChI=1S/C27H23N3O2/c1-31-24-16-15-20(26-21(24)11-8-14-25(26)32-2)17-28-27-29-22-12-6-7-13-23(22)30(27)18-19-9-4-3-5-10-19/h3-17H,18H2,1-2H3/b28-17+. The largest absolute Gasteiger partial charge is 0.496 e. The van der Waals surface area contributed by atoms with Crippen LogP contribution in [-0.2, 0) is 6.54 Å². The average Bonchev–Trinajstić information content (AvgIpc) is 3.20. The van der Waals surface area contributed by atoms with Crippen molar-refractivity contribution in [1.82, 2.24) is 9.55 Å². The molecule has 0 N–H and O–H groups in total. The molecule has 0 aliphatic heterocycles. The Labute approximate surface area is 186 Å². The average molecular weight is 422 g/mol. The van der Waals surface area contributed by atoms with E-state index in [-0.39, 0.29) is 0 Å². The monoisotopic (exact) mass is 421 g/mol. The van der Waals surface area contributed by atoms with E-state index in [1.807, 2.05) is 72.9 Å². The fraction of sp³-hybridized carbons (Fsp3) is 0.111. The number of fused-ring (bicyclic) bond motifs is 2. The molecule has 0 saturated carbocycles. The van der Waals surface area contributed by atoms with Gasteiger partial charge in [0.25, 0.3) is 0 Å². The number of hydrogen-bond acceptors (Lipinski definition) is 4. The summed E-state index contributed by atoms with van der Waals surface area (Å²) in [5.74, 6) is 2.24. The quantitative estimate of drug-likeness (QED) is 0.316. The van der Waals surface area contributed by atoms with E-state index in [1.165, 1.54) is 5.56 Å². The summed E-state index contributed by atoms with van der Waals surface area (Å²) in [6.07, 6.45) is 1.85. The Morgan fingerprint density at radius 1 is 0.812 bits per heavy atom. The Morgan fingerprint density at radius 2 is 1.59 bits per heavy atom. The Bertz CT molecular complexity index is 1420. The van der Waals surface area contributed by atoms with Gasteiger partial charge >= 0.3 is 0 Å². The van der Waals surface area contributed by atoms with Crippen molar-refractivity contribution < 1.29 is 9.47 Å². The molecule has 5 heteroatoms. The summed E-state index contributed by atoms with van der Waals surface area (Å²) in [7, 11) is 3.35. The fourth-order valence-corrected chi connectivity index (χ4v) is 4.04. The van der Waals surface area contributed by atoms with Gasteiger partial charge in [-0.05, 0) is 35.9 Å². The zero-order valence-corrected chi connectivity index (χ0v) is 18.0. The molecular formula is C27H23N3O2. The lowest BCUT2D eigenvalue weighted by molar-refractivity contribution is 0.415. The number of hydrogen-bond donors (Lipinski definition) is 0. The Morgan fingerprint density at radius 3 is 2.41 bits per heavy atom. The van der Waals surface area contributed by atoms with Crippen molar-refractivity contribution in [2.75, 3.05) is 14.2 Å². The van der Waals surface area contributed by atoms with Crippen LogP contribution in [-0.4, -0.2) is 30.0 Å². The predicted octanol–water partition coefficient (Wildman–Crippen LogP) is 6.01. The lowest BCUT2D eigenvalue weighted by atomic mass is 10.0. The second kappa shape index (κ2) is 8.55. The highest BCUT2D eigenvalue weighted by atomic mass is 16.5. The predicted molar refractivity (Wildman–Crippen MR) is 130 cm³/mol. The SMILES string of the molecule is COc1ccc(/C=N/c2nc3ccccc3n2Cc2ccccc2)c2c(OC)cccc12. The van der Waals surface area contributed by atoms with Gasteiger partial charge in [-0.3, -0.25) is 0 Å². The van der Waals surface area contributed by atoms with Crippen molar-refractivity contribution in [3.8, 4) is 11.5 Å². The molecule has 0 atom stereocenters. The highest BCUT2D eigenvalue weighted by molar-refractivity contribution is 6.06. The molecule has 4 aromatic carbocycles. The minimum Gasteiger partial charge on any atom is -0.496 e. The smallest absolute Gasteiger partial charge is 0.230 e. The highest BCUT2D eigenvalue weighted by Gasteiger charge is 2.12. The molecule has 5 nitrogen and oxygen atoms in total. The minimum atomic E-state index is 0.661. The molecule has 158 valence electrons. The molecule has 1 heterocycles. The van der Waals surface area contributed by atoms with Crippen molar-refractivity contribution in [3.63, 3.8) is 0 Å². The Kier molecular flexibility index (Phi) is 5.30. The molecule has 0 amide bonds. The fourth-order valence-electron chi connectivity index (χ4n) is 4.04. The van der Waals surface area contributed by atoms with Gasteiger partial charge in [-0.25, -0.2) is 9.98 Å². The number of benzene rings is 4. The number of aliphatic imine (C=N–C) groups is 1. The van der Waals surface area contributed by atoms with Gasteiger partial charge < -0.3 is 14.0 Å². The molecular weight excluding hydrogens is 398 g/mol. The van der Waals surface area contributed by atoms with Crippen LogP contribution in [0, 0.1) is 0 Å². The summed E-state index contributed by atoms with van der Waals surface area (Å²) in [6.45, 7) is 0.695. The summed E-state index contributed by atoms with van der Waals surface area (Å²) >= 11 is 0. The van der Waals surface area contributed by atoms with Gasteiger partial charge in [-0.15, -0.1) is 0 Å². The lowest BCUT2D eigenvalue weighted by Gasteiger charge is -2.11. The molecule has 0 aliphatic carbocycles. The molecule has 5 rings (SSSR count). The third-order valence-corrected chi connectivity index (χ3v) is 5.57. The van der Waals surface area contributed by atoms with E-state index in [0.29, 0.717) is 12.5 Å².